The van der Waals surface area contributed by atoms with Crippen molar-refractivity contribution in [2.45, 2.75) is 0 Å². The summed E-state index contributed by atoms with van der Waals surface area (Å²) in [5, 5.41) is 26.3. The molecule has 32 heavy (non-hydrogen) atoms. The Labute approximate surface area is 189 Å². The summed E-state index contributed by atoms with van der Waals surface area (Å²) in [6.45, 7) is 0. The third kappa shape index (κ3) is 5.14. The highest BCUT2D eigenvalue weighted by Crippen LogP contribution is 2.28. The molecular formula is C19H11Cl2N5O6. The number of hydrogen-bond acceptors (Lipinski definition) is 7. The van der Waals surface area contributed by atoms with E-state index in [1.165, 1.54) is 42.5 Å². The van der Waals surface area contributed by atoms with Gasteiger partial charge in [-0.3, -0.25) is 29.8 Å². The number of anilines is 2. The molecule has 0 spiro atoms. The minimum Gasteiger partial charge on any atom is -0.321 e. The van der Waals surface area contributed by atoms with E-state index in [9.17, 15) is 29.8 Å². The molecule has 3 rings (SSSR count). The van der Waals surface area contributed by atoms with Crippen molar-refractivity contribution in [3.05, 3.63) is 96.3 Å². The molecule has 1 heterocycles. The van der Waals surface area contributed by atoms with Crippen molar-refractivity contribution >= 4 is 57.8 Å². The van der Waals surface area contributed by atoms with Crippen LogP contribution in [0, 0.1) is 20.2 Å². The third-order valence-electron chi connectivity index (χ3n) is 4.02. The summed E-state index contributed by atoms with van der Waals surface area (Å²) in [6, 6.07) is 11.5. The van der Waals surface area contributed by atoms with Gasteiger partial charge in [-0.05, 0) is 36.4 Å². The molecule has 2 aromatic carbocycles. The molecule has 0 unspecified atom stereocenters. The van der Waals surface area contributed by atoms with Crippen LogP contribution >= 0.6 is 23.2 Å². The second-order valence-corrected chi connectivity index (χ2v) is 6.98. The molecule has 2 N–H and O–H groups in total. The lowest BCUT2D eigenvalue weighted by atomic mass is 10.2. The molecule has 1 aromatic heterocycles. The van der Waals surface area contributed by atoms with E-state index in [2.05, 4.69) is 15.6 Å². The Morgan fingerprint density at radius 2 is 1.16 bits per heavy atom. The molecule has 0 atom stereocenters. The van der Waals surface area contributed by atoms with Gasteiger partial charge in [-0.1, -0.05) is 29.3 Å². The van der Waals surface area contributed by atoms with Crippen molar-refractivity contribution in [1.29, 1.82) is 0 Å². The van der Waals surface area contributed by atoms with Gasteiger partial charge in [-0.2, -0.15) is 0 Å². The van der Waals surface area contributed by atoms with Crippen molar-refractivity contribution in [3.63, 3.8) is 0 Å². The maximum Gasteiger partial charge on any atom is 0.288 e. The smallest absolute Gasteiger partial charge is 0.288 e. The summed E-state index contributed by atoms with van der Waals surface area (Å²) >= 11 is 11.7. The first-order valence-corrected chi connectivity index (χ1v) is 9.39. The van der Waals surface area contributed by atoms with Crippen LogP contribution < -0.4 is 10.6 Å². The number of nitrogens with one attached hydrogen (secondary N) is 2. The van der Waals surface area contributed by atoms with Crippen molar-refractivity contribution in [3.8, 4) is 0 Å². The monoisotopic (exact) mass is 475 g/mol. The predicted octanol–water partition coefficient (Wildman–Crippen LogP) is 4.71. The maximum absolute atomic E-state index is 12.5. The molecule has 3 aromatic rings. The molecule has 0 bridgehead atoms. The normalized spacial score (nSPS) is 10.3. The summed E-state index contributed by atoms with van der Waals surface area (Å²) < 4.78 is 0. The number of carbonyl (C=O) groups is 2. The first-order valence-electron chi connectivity index (χ1n) is 8.63. The van der Waals surface area contributed by atoms with Crippen LogP contribution in [0.3, 0.4) is 0 Å². The van der Waals surface area contributed by atoms with Crippen LogP contribution in [0.5, 0.6) is 0 Å². The summed E-state index contributed by atoms with van der Waals surface area (Å²) in [5.41, 5.74) is -0.436. The number of halogens is 2. The van der Waals surface area contributed by atoms with Crippen LogP contribution in [0.2, 0.25) is 10.0 Å². The number of hydrogen-bond donors (Lipinski definition) is 2. The third-order valence-corrected chi connectivity index (χ3v) is 4.62. The molecule has 0 aliphatic rings. The lowest BCUT2D eigenvalue weighted by Crippen LogP contribution is -2.18. The van der Waals surface area contributed by atoms with Crippen molar-refractivity contribution in [1.82, 2.24) is 4.98 Å². The fourth-order valence-electron chi connectivity index (χ4n) is 2.54. The zero-order valence-corrected chi connectivity index (χ0v) is 17.3. The van der Waals surface area contributed by atoms with Crippen molar-refractivity contribution < 1.29 is 19.4 Å². The van der Waals surface area contributed by atoms with Crippen molar-refractivity contribution in [2.75, 3.05) is 10.6 Å². The largest absolute Gasteiger partial charge is 0.321 e. The number of pyridine rings is 1. The molecule has 0 aliphatic carbocycles. The van der Waals surface area contributed by atoms with Gasteiger partial charge in [0.1, 0.15) is 21.4 Å². The summed E-state index contributed by atoms with van der Waals surface area (Å²) in [4.78, 5) is 49.2. The number of nitrogens with zero attached hydrogens (tertiary/aromatic N) is 3. The van der Waals surface area contributed by atoms with Crippen LogP contribution in [0.25, 0.3) is 0 Å². The van der Waals surface area contributed by atoms with Gasteiger partial charge in [0.25, 0.3) is 23.2 Å². The lowest BCUT2D eigenvalue weighted by molar-refractivity contribution is -0.384. The average molecular weight is 476 g/mol. The van der Waals surface area contributed by atoms with Gasteiger partial charge in [0, 0.05) is 23.5 Å². The average Bonchev–Trinajstić information content (AvgIpc) is 2.73. The maximum atomic E-state index is 12.5. The van der Waals surface area contributed by atoms with Gasteiger partial charge in [-0.25, -0.2) is 4.98 Å². The Kier molecular flexibility index (Phi) is 6.61. The fourth-order valence-corrected chi connectivity index (χ4v) is 3.04. The molecule has 0 saturated carbocycles. The van der Waals surface area contributed by atoms with E-state index < -0.39 is 21.7 Å². The Balaban J connectivity index is 1.74. The number of amides is 2. The van der Waals surface area contributed by atoms with Gasteiger partial charge < -0.3 is 10.6 Å². The summed E-state index contributed by atoms with van der Waals surface area (Å²) in [7, 11) is 0. The van der Waals surface area contributed by atoms with Crippen LogP contribution in [0.1, 0.15) is 21.0 Å². The number of carbonyl (C=O) groups excluding carboxylic acids is 2. The van der Waals surface area contributed by atoms with Gasteiger partial charge in [0.2, 0.25) is 0 Å². The molecule has 11 nitrogen and oxygen atoms in total. The highest BCUT2D eigenvalue weighted by Gasteiger charge is 2.17. The van der Waals surface area contributed by atoms with Gasteiger partial charge in [0.15, 0.2) is 0 Å². The van der Waals surface area contributed by atoms with Crippen LogP contribution in [-0.4, -0.2) is 26.6 Å². The highest BCUT2D eigenvalue weighted by molar-refractivity contribution is 6.33. The number of rotatable bonds is 6. The molecule has 2 amide bonds. The quantitative estimate of drug-likeness (QED) is 0.385. The van der Waals surface area contributed by atoms with Crippen LogP contribution in [0.4, 0.5) is 22.7 Å². The number of nitro groups is 2. The molecule has 0 fully saturated rings. The molecule has 0 aliphatic heterocycles. The first kappa shape index (κ1) is 22.6. The van der Waals surface area contributed by atoms with Gasteiger partial charge >= 0.3 is 0 Å². The van der Waals surface area contributed by atoms with Crippen molar-refractivity contribution in [2.24, 2.45) is 0 Å². The zero-order chi connectivity index (χ0) is 23.4. The second-order valence-electron chi connectivity index (χ2n) is 6.16. The van der Waals surface area contributed by atoms with Gasteiger partial charge in [-0.15, -0.1) is 0 Å². The summed E-state index contributed by atoms with van der Waals surface area (Å²) in [6.07, 6.45) is 0. The predicted molar refractivity (Wildman–Crippen MR) is 116 cm³/mol. The first-order chi connectivity index (χ1) is 15.2. The lowest BCUT2D eigenvalue weighted by Gasteiger charge is -2.08. The number of aromatic nitrogens is 1. The Bertz CT molecular complexity index is 1170. The minimum absolute atomic E-state index is 0.103. The van der Waals surface area contributed by atoms with E-state index in [0.29, 0.717) is 0 Å². The van der Waals surface area contributed by atoms with E-state index in [0.717, 1.165) is 12.1 Å². The SMILES string of the molecule is O=C(Nc1ccc([N+](=O)[O-])c(Cl)c1)c1cccc(C(=O)Nc2ccc([N+](=O)[O-])c(Cl)c2)n1. The minimum atomic E-state index is -0.678. The molecule has 0 saturated heterocycles. The zero-order valence-electron chi connectivity index (χ0n) is 15.7. The molecular weight excluding hydrogens is 465 g/mol. The standard InChI is InChI=1S/C19H11Cl2N5O6/c20-12-8-10(4-6-16(12)25(29)30)22-18(27)14-2-1-3-15(24-14)19(28)23-11-5-7-17(26(31)32)13(21)9-11/h1-9H,(H,22,27)(H,23,28). The molecule has 0 radical (unpaired) electrons. The van der Waals surface area contributed by atoms with E-state index in [1.54, 1.807) is 0 Å². The van der Waals surface area contributed by atoms with Gasteiger partial charge in [0.05, 0.1) is 9.85 Å². The second kappa shape index (κ2) is 9.37. The fraction of sp³-hybridized carbons (Fsp3) is 0. The highest BCUT2D eigenvalue weighted by atomic mass is 35.5. The van der Waals surface area contributed by atoms with E-state index >= 15 is 0 Å². The van der Waals surface area contributed by atoms with E-state index in [1.807, 2.05) is 0 Å². The summed E-state index contributed by atoms with van der Waals surface area (Å²) in [5.74, 6) is -1.36. The Morgan fingerprint density at radius 1 is 0.750 bits per heavy atom. The molecule has 13 heteroatoms. The Morgan fingerprint density at radius 3 is 1.50 bits per heavy atom. The van der Waals surface area contributed by atoms with Crippen LogP contribution in [-0.2, 0) is 0 Å². The van der Waals surface area contributed by atoms with Crippen LogP contribution in [0.15, 0.2) is 54.6 Å². The topological polar surface area (TPSA) is 157 Å². The number of benzene rings is 2. The molecule has 162 valence electrons. The van der Waals surface area contributed by atoms with E-state index in [4.69, 9.17) is 23.2 Å². The number of nitro benzene ring substituents is 2. The Hall–Kier alpha value is -4.09. The van der Waals surface area contributed by atoms with E-state index in [-0.39, 0.29) is 44.2 Å².